The first kappa shape index (κ1) is 12.4. The first-order valence-electron chi connectivity index (χ1n) is 5.96. The summed E-state index contributed by atoms with van der Waals surface area (Å²) in [6, 6.07) is 6.09. The van der Waals surface area contributed by atoms with Gasteiger partial charge in [0, 0.05) is 0 Å². The molecule has 1 heterocycles. The van der Waals surface area contributed by atoms with Crippen LogP contribution in [0.2, 0.25) is 0 Å². The van der Waals surface area contributed by atoms with Crippen LogP contribution in [0.25, 0.3) is 0 Å². The summed E-state index contributed by atoms with van der Waals surface area (Å²) in [5.74, 6) is 0.503. The zero-order valence-electron chi connectivity index (χ0n) is 10.5. The maximum Gasteiger partial charge on any atom is 0.329 e. The molecule has 1 aromatic carbocycles. The largest absolute Gasteiger partial charge is 0.497 e. The summed E-state index contributed by atoms with van der Waals surface area (Å²) >= 11 is 0. The number of hydrogen-bond donors (Lipinski definition) is 1. The highest BCUT2D eigenvalue weighted by atomic mass is 16.5. The summed E-state index contributed by atoms with van der Waals surface area (Å²) in [5, 5.41) is 2.69. The highest BCUT2D eigenvalue weighted by Gasteiger charge is 2.38. The molecule has 96 valence electrons. The number of benzene rings is 1. The number of ether oxygens (including phenoxy) is 1. The summed E-state index contributed by atoms with van der Waals surface area (Å²) in [7, 11) is 1.57. The van der Waals surface area contributed by atoms with Crippen molar-refractivity contribution in [3.63, 3.8) is 0 Å². The topological polar surface area (TPSA) is 58.6 Å². The standard InChI is InChI=1S/C13H16N2O3/c1-3-4-11-12(16)15(13(17)14-11)9-5-7-10(18-2)8-6-9/h5-8,11H,3-4H2,1-2H3,(H,14,17)/t11-/m0/s1. The predicted octanol–water partition coefficient (Wildman–Crippen LogP) is 1.92. The quantitative estimate of drug-likeness (QED) is 0.828. The summed E-state index contributed by atoms with van der Waals surface area (Å²) in [6.45, 7) is 1.98. The second kappa shape index (κ2) is 5.08. The molecule has 0 aliphatic carbocycles. The molecule has 1 N–H and O–H groups in total. The molecule has 2 rings (SSSR count). The molecule has 0 aromatic heterocycles. The maximum absolute atomic E-state index is 12.1. The molecule has 1 aromatic rings. The van der Waals surface area contributed by atoms with Crippen molar-refractivity contribution in [3.8, 4) is 5.75 Å². The highest BCUT2D eigenvalue weighted by molar-refractivity contribution is 6.21. The monoisotopic (exact) mass is 248 g/mol. The van der Waals surface area contributed by atoms with Crippen LogP contribution in [0.4, 0.5) is 10.5 Å². The molecule has 18 heavy (non-hydrogen) atoms. The highest BCUT2D eigenvalue weighted by Crippen LogP contribution is 2.23. The average molecular weight is 248 g/mol. The number of carbonyl (C=O) groups excluding carboxylic acids is 2. The Balaban J connectivity index is 2.21. The number of carbonyl (C=O) groups is 2. The van der Waals surface area contributed by atoms with Crippen molar-refractivity contribution in [2.75, 3.05) is 12.0 Å². The minimum absolute atomic E-state index is 0.188. The van der Waals surface area contributed by atoms with Crippen LogP contribution in [-0.4, -0.2) is 25.1 Å². The average Bonchev–Trinajstić information content (AvgIpc) is 2.65. The zero-order valence-corrected chi connectivity index (χ0v) is 10.5. The number of rotatable bonds is 4. The molecule has 5 nitrogen and oxygen atoms in total. The van der Waals surface area contributed by atoms with Crippen LogP contribution in [0.5, 0.6) is 5.75 Å². The molecule has 5 heteroatoms. The van der Waals surface area contributed by atoms with Gasteiger partial charge in [0.1, 0.15) is 11.8 Å². The smallest absolute Gasteiger partial charge is 0.329 e. The van der Waals surface area contributed by atoms with Gasteiger partial charge in [-0.05, 0) is 30.7 Å². The van der Waals surface area contributed by atoms with Crippen molar-refractivity contribution in [1.29, 1.82) is 0 Å². The van der Waals surface area contributed by atoms with Crippen molar-refractivity contribution in [3.05, 3.63) is 24.3 Å². The third-order valence-corrected chi connectivity index (χ3v) is 2.93. The van der Waals surface area contributed by atoms with Gasteiger partial charge in [0.2, 0.25) is 0 Å². The lowest BCUT2D eigenvalue weighted by Crippen LogP contribution is -2.31. The number of methoxy groups -OCH3 is 1. The molecule has 1 atom stereocenters. The second-order valence-corrected chi connectivity index (χ2v) is 4.16. The van der Waals surface area contributed by atoms with E-state index >= 15 is 0 Å². The Morgan fingerprint density at radius 2 is 1.94 bits per heavy atom. The molecular weight excluding hydrogens is 232 g/mol. The van der Waals surface area contributed by atoms with Crippen LogP contribution in [0.3, 0.4) is 0 Å². The first-order chi connectivity index (χ1) is 8.67. The fraction of sp³-hybridized carbons (Fsp3) is 0.385. The molecule has 1 aliphatic rings. The Labute approximate surface area is 106 Å². The lowest BCUT2D eigenvalue weighted by Gasteiger charge is -2.13. The Hall–Kier alpha value is -2.04. The van der Waals surface area contributed by atoms with E-state index in [4.69, 9.17) is 4.74 Å². The molecule has 1 fully saturated rings. The van der Waals surface area contributed by atoms with E-state index in [9.17, 15) is 9.59 Å². The van der Waals surface area contributed by atoms with Gasteiger partial charge in [0.05, 0.1) is 12.8 Å². The normalized spacial score (nSPS) is 19.0. The lowest BCUT2D eigenvalue weighted by molar-refractivity contribution is -0.118. The van der Waals surface area contributed by atoms with Crippen molar-refractivity contribution in [2.45, 2.75) is 25.8 Å². The van der Waals surface area contributed by atoms with Gasteiger partial charge in [-0.25, -0.2) is 9.69 Å². The van der Waals surface area contributed by atoms with Crippen LogP contribution in [0.1, 0.15) is 19.8 Å². The van der Waals surface area contributed by atoms with Gasteiger partial charge >= 0.3 is 6.03 Å². The predicted molar refractivity (Wildman–Crippen MR) is 67.7 cm³/mol. The first-order valence-corrected chi connectivity index (χ1v) is 5.96. The van der Waals surface area contributed by atoms with E-state index in [-0.39, 0.29) is 11.9 Å². The zero-order chi connectivity index (χ0) is 13.1. The summed E-state index contributed by atoms with van der Waals surface area (Å²) in [4.78, 5) is 25.0. The van der Waals surface area contributed by atoms with Gasteiger partial charge in [-0.15, -0.1) is 0 Å². The van der Waals surface area contributed by atoms with Crippen molar-refractivity contribution < 1.29 is 14.3 Å². The maximum atomic E-state index is 12.1. The van der Waals surface area contributed by atoms with Crippen LogP contribution < -0.4 is 15.0 Å². The lowest BCUT2D eigenvalue weighted by atomic mass is 10.1. The number of hydrogen-bond acceptors (Lipinski definition) is 3. The molecule has 1 saturated heterocycles. The Kier molecular flexibility index (Phi) is 3.50. The van der Waals surface area contributed by atoms with Gasteiger partial charge in [0.25, 0.3) is 5.91 Å². The molecule has 0 radical (unpaired) electrons. The van der Waals surface area contributed by atoms with Crippen LogP contribution in [0, 0.1) is 0 Å². The molecule has 0 bridgehead atoms. The molecular formula is C13H16N2O3. The number of nitrogens with zero attached hydrogens (tertiary/aromatic N) is 1. The fourth-order valence-electron chi connectivity index (χ4n) is 1.99. The Morgan fingerprint density at radius 1 is 1.28 bits per heavy atom. The van der Waals surface area contributed by atoms with E-state index in [1.165, 1.54) is 4.90 Å². The molecule has 0 unspecified atom stereocenters. The van der Waals surface area contributed by atoms with E-state index in [1.54, 1.807) is 31.4 Å². The fourth-order valence-corrected chi connectivity index (χ4v) is 1.99. The minimum atomic E-state index is -0.399. The SMILES string of the molecule is CCC[C@@H]1NC(=O)N(c2ccc(OC)cc2)C1=O. The van der Waals surface area contributed by atoms with Gasteiger partial charge in [0.15, 0.2) is 0 Å². The van der Waals surface area contributed by atoms with Crippen molar-refractivity contribution >= 4 is 17.6 Å². The van der Waals surface area contributed by atoms with E-state index in [2.05, 4.69) is 5.32 Å². The van der Waals surface area contributed by atoms with Crippen LogP contribution >= 0.6 is 0 Å². The second-order valence-electron chi connectivity index (χ2n) is 4.16. The summed E-state index contributed by atoms with van der Waals surface area (Å²) in [6.07, 6.45) is 1.52. The molecule has 3 amide bonds. The number of urea groups is 1. The van der Waals surface area contributed by atoms with Crippen molar-refractivity contribution in [2.24, 2.45) is 0 Å². The summed E-state index contributed by atoms with van der Waals surface area (Å²) < 4.78 is 5.04. The minimum Gasteiger partial charge on any atom is -0.497 e. The molecule has 0 saturated carbocycles. The van der Waals surface area contributed by atoms with E-state index in [1.807, 2.05) is 6.92 Å². The Morgan fingerprint density at radius 3 is 2.50 bits per heavy atom. The third-order valence-electron chi connectivity index (χ3n) is 2.93. The molecule has 0 spiro atoms. The molecule has 1 aliphatic heterocycles. The van der Waals surface area contributed by atoms with Gasteiger partial charge in [-0.3, -0.25) is 4.79 Å². The summed E-state index contributed by atoms with van der Waals surface area (Å²) in [5.41, 5.74) is 0.567. The Bertz CT molecular complexity index is 456. The number of anilines is 1. The van der Waals surface area contributed by atoms with Gasteiger partial charge in [-0.2, -0.15) is 0 Å². The number of amides is 3. The van der Waals surface area contributed by atoms with E-state index in [0.717, 1.165) is 6.42 Å². The van der Waals surface area contributed by atoms with Gasteiger partial charge < -0.3 is 10.1 Å². The van der Waals surface area contributed by atoms with E-state index in [0.29, 0.717) is 17.9 Å². The van der Waals surface area contributed by atoms with Crippen molar-refractivity contribution in [1.82, 2.24) is 5.32 Å². The number of imide groups is 1. The van der Waals surface area contributed by atoms with E-state index < -0.39 is 6.04 Å². The third kappa shape index (κ3) is 2.16. The van der Waals surface area contributed by atoms with Crippen LogP contribution in [-0.2, 0) is 4.79 Å². The van der Waals surface area contributed by atoms with Crippen LogP contribution in [0.15, 0.2) is 24.3 Å². The number of nitrogens with one attached hydrogen (secondary N) is 1. The van der Waals surface area contributed by atoms with Gasteiger partial charge in [-0.1, -0.05) is 13.3 Å².